The highest BCUT2D eigenvalue weighted by molar-refractivity contribution is 7.17. The summed E-state index contributed by atoms with van der Waals surface area (Å²) in [4.78, 5) is 0. The number of thiophene rings is 1. The molecule has 1 aromatic carbocycles. The molecule has 0 aliphatic carbocycles. The molecule has 0 saturated heterocycles. The van der Waals surface area contributed by atoms with E-state index in [1.807, 2.05) is 11.4 Å². The Morgan fingerprint density at radius 1 is 1.46 bits per heavy atom. The Labute approximate surface area is 88.9 Å². The number of rotatable bonds is 1. The zero-order valence-corrected chi connectivity index (χ0v) is 8.81. The van der Waals surface area contributed by atoms with Crippen LogP contribution in [0, 0.1) is 5.82 Å². The van der Waals surface area contributed by atoms with Crippen LogP contribution < -0.4 is 0 Å². The molecule has 0 unspecified atom stereocenters. The first kappa shape index (κ1) is 9.25. The van der Waals surface area contributed by atoms with E-state index in [0.29, 0.717) is 15.3 Å². The fraction of sp³-hybridized carbons (Fsp3) is 0.111. The van der Waals surface area contributed by atoms with Gasteiger partial charge in [-0.3, -0.25) is 0 Å². The first-order chi connectivity index (χ1) is 6.24. The van der Waals surface area contributed by atoms with Crippen molar-refractivity contribution in [3.8, 4) is 0 Å². The quantitative estimate of drug-likeness (QED) is 0.641. The van der Waals surface area contributed by atoms with Crippen LogP contribution in [0.1, 0.15) is 5.56 Å². The molecule has 0 aliphatic heterocycles. The highest BCUT2D eigenvalue weighted by Gasteiger charge is 2.10. The summed E-state index contributed by atoms with van der Waals surface area (Å²) in [7, 11) is 0. The van der Waals surface area contributed by atoms with Gasteiger partial charge in [0.2, 0.25) is 0 Å². The van der Waals surface area contributed by atoms with Crippen LogP contribution in [0.25, 0.3) is 10.1 Å². The van der Waals surface area contributed by atoms with E-state index in [4.69, 9.17) is 23.2 Å². The van der Waals surface area contributed by atoms with Crippen molar-refractivity contribution in [2.75, 3.05) is 0 Å². The summed E-state index contributed by atoms with van der Waals surface area (Å²) in [5, 5.41) is 3.14. The predicted molar refractivity (Wildman–Crippen MR) is 56.4 cm³/mol. The molecule has 0 atom stereocenters. The lowest BCUT2D eigenvalue weighted by Gasteiger charge is -2.01. The van der Waals surface area contributed by atoms with E-state index in [0.717, 1.165) is 5.39 Å². The summed E-state index contributed by atoms with van der Waals surface area (Å²) in [5.74, 6) is -0.0937. The van der Waals surface area contributed by atoms with Gasteiger partial charge in [0.25, 0.3) is 0 Å². The van der Waals surface area contributed by atoms with Crippen molar-refractivity contribution < 1.29 is 4.39 Å². The average Bonchev–Trinajstić information content (AvgIpc) is 2.60. The van der Waals surface area contributed by atoms with E-state index in [9.17, 15) is 4.39 Å². The molecule has 4 heteroatoms. The monoisotopic (exact) mass is 234 g/mol. The number of fused-ring (bicyclic) bond motifs is 1. The zero-order chi connectivity index (χ0) is 9.42. The first-order valence-corrected chi connectivity index (χ1v) is 5.43. The fourth-order valence-corrected chi connectivity index (χ4v) is 2.62. The predicted octanol–water partition coefficient (Wildman–Crippen LogP) is 4.43. The van der Waals surface area contributed by atoms with Crippen molar-refractivity contribution in [1.82, 2.24) is 0 Å². The summed E-state index contributed by atoms with van der Waals surface area (Å²) in [6.45, 7) is 0. The van der Waals surface area contributed by atoms with Crippen LogP contribution in [0.15, 0.2) is 17.5 Å². The maximum absolute atomic E-state index is 13.6. The third kappa shape index (κ3) is 1.43. The van der Waals surface area contributed by atoms with Crippen LogP contribution >= 0.6 is 34.5 Å². The van der Waals surface area contributed by atoms with Crippen molar-refractivity contribution in [1.29, 1.82) is 0 Å². The van der Waals surface area contributed by atoms with Gasteiger partial charge >= 0.3 is 0 Å². The second-order valence-electron chi connectivity index (χ2n) is 2.63. The molecular formula is C9H5Cl2FS. The van der Waals surface area contributed by atoms with Gasteiger partial charge in [0.05, 0.1) is 10.6 Å². The highest BCUT2D eigenvalue weighted by Crippen LogP contribution is 2.32. The van der Waals surface area contributed by atoms with Crippen molar-refractivity contribution in [3.05, 3.63) is 33.9 Å². The smallest absolute Gasteiger partial charge is 0.145 e. The fourth-order valence-electron chi connectivity index (χ4n) is 1.20. The Morgan fingerprint density at radius 2 is 2.23 bits per heavy atom. The molecule has 1 aromatic heterocycles. The van der Waals surface area contributed by atoms with Gasteiger partial charge in [-0.15, -0.1) is 22.9 Å². The molecule has 0 spiro atoms. The topological polar surface area (TPSA) is 0 Å². The van der Waals surface area contributed by atoms with E-state index in [-0.39, 0.29) is 11.7 Å². The zero-order valence-electron chi connectivity index (χ0n) is 6.48. The van der Waals surface area contributed by atoms with Crippen molar-refractivity contribution in [2.45, 2.75) is 5.88 Å². The van der Waals surface area contributed by atoms with E-state index in [1.165, 1.54) is 11.3 Å². The minimum absolute atomic E-state index is 0.152. The Balaban J connectivity index is 2.85. The summed E-state index contributed by atoms with van der Waals surface area (Å²) in [6.07, 6.45) is 0. The standard InChI is InChI=1S/C9H5Cl2FS/c10-4-5-3-7(11)6-1-2-13-9(6)8(5)12/h1-3H,4H2. The van der Waals surface area contributed by atoms with Crippen molar-refractivity contribution >= 4 is 44.6 Å². The molecule has 1 heterocycles. The molecule has 0 radical (unpaired) electrons. The lowest BCUT2D eigenvalue weighted by atomic mass is 10.2. The minimum Gasteiger partial charge on any atom is -0.205 e. The number of hydrogen-bond donors (Lipinski definition) is 0. The molecule has 0 amide bonds. The van der Waals surface area contributed by atoms with Crippen molar-refractivity contribution in [3.63, 3.8) is 0 Å². The Morgan fingerprint density at radius 3 is 2.92 bits per heavy atom. The minimum atomic E-state index is -0.246. The maximum atomic E-state index is 13.6. The number of alkyl halides is 1. The van der Waals surface area contributed by atoms with E-state index in [2.05, 4.69) is 0 Å². The molecule has 13 heavy (non-hydrogen) atoms. The summed E-state index contributed by atoms with van der Waals surface area (Å²) in [5.41, 5.74) is 0.460. The van der Waals surface area contributed by atoms with Crippen LogP contribution in [-0.4, -0.2) is 0 Å². The number of benzene rings is 1. The van der Waals surface area contributed by atoms with Crippen LogP contribution in [0.5, 0.6) is 0 Å². The summed E-state index contributed by atoms with van der Waals surface area (Å²) < 4.78 is 14.1. The lowest BCUT2D eigenvalue weighted by Crippen LogP contribution is -1.86. The van der Waals surface area contributed by atoms with Gasteiger partial charge in [-0.05, 0) is 17.5 Å². The average molecular weight is 235 g/mol. The van der Waals surface area contributed by atoms with E-state index < -0.39 is 0 Å². The van der Waals surface area contributed by atoms with Gasteiger partial charge in [0.1, 0.15) is 5.82 Å². The molecule has 0 fully saturated rings. The van der Waals surface area contributed by atoms with Gasteiger partial charge in [-0.25, -0.2) is 4.39 Å². The van der Waals surface area contributed by atoms with Crippen molar-refractivity contribution in [2.24, 2.45) is 0 Å². The van der Waals surface area contributed by atoms with Crippen LogP contribution in [0.3, 0.4) is 0 Å². The number of halogens is 3. The Kier molecular flexibility index (Phi) is 2.45. The maximum Gasteiger partial charge on any atom is 0.145 e. The Hall–Kier alpha value is -0.310. The molecule has 2 rings (SSSR count). The van der Waals surface area contributed by atoms with Gasteiger partial charge in [-0.2, -0.15) is 0 Å². The molecule has 0 nitrogen and oxygen atoms in total. The highest BCUT2D eigenvalue weighted by atomic mass is 35.5. The molecule has 0 saturated carbocycles. The van der Waals surface area contributed by atoms with Gasteiger partial charge in [-0.1, -0.05) is 11.6 Å². The molecule has 2 aromatic rings. The Bertz CT molecular complexity index is 450. The van der Waals surface area contributed by atoms with Gasteiger partial charge in [0.15, 0.2) is 0 Å². The summed E-state index contributed by atoms with van der Waals surface area (Å²) in [6, 6.07) is 3.39. The molecule has 0 aliphatic rings. The summed E-state index contributed by atoms with van der Waals surface area (Å²) >= 11 is 12.9. The third-order valence-corrected chi connectivity index (χ3v) is 3.36. The van der Waals surface area contributed by atoms with Crippen LogP contribution in [0.2, 0.25) is 5.02 Å². The first-order valence-electron chi connectivity index (χ1n) is 3.64. The SMILES string of the molecule is Fc1c(CCl)cc(Cl)c2ccsc12. The molecular weight excluding hydrogens is 230 g/mol. The normalized spacial score (nSPS) is 11.0. The number of hydrogen-bond acceptors (Lipinski definition) is 1. The largest absolute Gasteiger partial charge is 0.205 e. The second-order valence-corrected chi connectivity index (χ2v) is 4.22. The van der Waals surface area contributed by atoms with Gasteiger partial charge in [0, 0.05) is 16.0 Å². The van der Waals surface area contributed by atoms with E-state index in [1.54, 1.807) is 6.07 Å². The third-order valence-electron chi connectivity index (χ3n) is 1.85. The van der Waals surface area contributed by atoms with Gasteiger partial charge < -0.3 is 0 Å². The molecule has 0 N–H and O–H groups in total. The second kappa shape index (κ2) is 3.45. The molecule has 68 valence electrons. The van der Waals surface area contributed by atoms with E-state index >= 15 is 0 Å². The molecule has 0 bridgehead atoms. The lowest BCUT2D eigenvalue weighted by molar-refractivity contribution is 0.631. The van der Waals surface area contributed by atoms with Crippen LogP contribution in [0.4, 0.5) is 4.39 Å². The van der Waals surface area contributed by atoms with Crippen LogP contribution in [-0.2, 0) is 5.88 Å².